The van der Waals surface area contributed by atoms with E-state index in [1.165, 1.54) is 0 Å². The Bertz CT molecular complexity index is 1010. The number of ether oxygens (including phenoxy) is 5. The van der Waals surface area contributed by atoms with Crippen molar-refractivity contribution in [3.8, 4) is 5.75 Å². The molecule has 236 valence electrons. The molecule has 1 saturated carbocycles. The van der Waals surface area contributed by atoms with Crippen LogP contribution < -0.4 is 4.74 Å². The molecule has 1 aromatic carbocycles. The van der Waals surface area contributed by atoms with Crippen LogP contribution >= 0.6 is 11.6 Å². The smallest absolute Gasteiger partial charge is 0.199 e. The molecule has 2 heterocycles. The summed E-state index contributed by atoms with van der Waals surface area (Å²) in [5, 5.41) is 0.696. The fourth-order valence-electron chi connectivity index (χ4n) is 5.90. The van der Waals surface area contributed by atoms with E-state index in [1.807, 2.05) is 24.3 Å². The van der Waals surface area contributed by atoms with Gasteiger partial charge in [0.1, 0.15) is 17.8 Å². The number of hydrogen-bond donors (Lipinski definition) is 0. The van der Waals surface area contributed by atoms with E-state index in [0.29, 0.717) is 44.3 Å². The van der Waals surface area contributed by atoms with Crippen molar-refractivity contribution in [2.75, 3.05) is 26.4 Å². The van der Waals surface area contributed by atoms with E-state index < -0.39 is 8.32 Å². The van der Waals surface area contributed by atoms with E-state index >= 15 is 0 Å². The van der Waals surface area contributed by atoms with Crippen LogP contribution in [0.2, 0.25) is 23.2 Å². The summed E-state index contributed by atoms with van der Waals surface area (Å²) in [4.78, 5) is 12.2. The summed E-state index contributed by atoms with van der Waals surface area (Å²) >= 11 is 6.15. The lowest BCUT2D eigenvalue weighted by Gasteiger charge is -2.40. The van der Waals surface area contributed by atoms with Crippen LogP contribution in [0.3, 0.4) is 0 Å². The topological polar surface area (TPSA) is 72.5 Å². The highest BCUT2D eigenvalue weighted by molar-refractivity contribution is 6.74. The maximum Gasteiger partial charge on any atom is 0.199 e. The highest BCUT2D eigenvalue weighted by Crippen LogP contribution is 2.47. The van der Waals surface area contributed by atoms with Crippen molar-refractivity contribution in [2.45, 2.75) is 115 Å². The van der Waals surface area contributed by atoms with Crippen LogP contribution in [0.25, 0.3) is 0 Å². The molecular formula is C33H51ClO7Si. The number of halogens is 1. The van der Waals surface area contributed by atoms with Crippen LogP contribution in [-0.2, 0) is 28.2 Å². The zero-order valence-electron chi connectivity index (χ0n) is 26.1. The number of benzene rings is 1. The second-order valence-electron chi connectivity index (χ2n) is 13.3. The van der Waals surface area contributed by atoms with Gasteiger partial charge >= 0.3 is 0 Å². The Morgan fingerprint density at radius 3 is 2.55 bits per heavy atom. The average molecular weight is 623 g/mol. The fraction of sp³-hybridized carbons (Fsp3) is 0.727. The molecule has 9 heteroatoms. The Morgan fingerprint density at radius 2 is 1.88 bits per heavy atom. The molecule has 3 aliphatic rings. The standard InChI is InChI=1S/C33H51ClO7Si/c1-33(2,3)42(4,5)41-29-23-30(39-25-15-20-36-21-16-25)32(27(29)14-17-35)28(40-31-13-6-7-18-38-31)12-9-19-37-26-11-8-10-24(34)22-26/h8,10-12,17,22,25,27,29-32H,6-7,9,13-16,18-21,23H2,1-5H3/b28-12+/t27-,29-,30+,31?,32+/m1/s1. The summed E-state index contributed by atoms with van der Waals surface area (Å²) in [6.07, 6.45) is 9.21. The quantitative estimate of drug-likeness (QED) is 0.0965. The third kappa shape index (κ3) is 9.29. The molecule has 0 spiro atoms. The molecule has 7 nitrogen and oxygen atoms in total. The van der Waals surface area contributed by atoms with Crippen molar-refractivity contribution in [3.05, 3.63) is 41.1 Å². The van der Waals surface area contributed by atoms with Crippen molar-refractivity contribution >= 4 is 26.2 Å². The lowest BCUT2D eigenvalue weighted by atomic mass is 9.88. The molecule has 5 atom stereocenters. The number of hydrogen-bond acceptors (Lipinski definition) is 7. The zero-order chi connectivity index (χ0) is 30.2. The van der Waals surface area contributed by atoms with E-state index in [4.69, 9.17) is 39.7 Å². The zero-order valence-corrected chi connectivity index (χ0v) is 27.9. The average Bonchev–Trinajstić information content (AvgIpc) is 3.26. The molecule has 3 fully saturated rings. The third-order valence-electron chi connectivity index (χ3n) is 9.22. The van der Waals surface area contributed by atoms with Crippen molar-refractivity contribution in [3.63, 3.8) is 0 Å². The Morgan fingerprint density at radius 1 is 1.10 bits per heavy atom. The Balaban J connectivity index is 1.61. The van der Waals surface area contributed by atoms with Gasteiger partial charge in [-0.1, -0.05) is 38.4 Å². The summed E-state index contributed by atoms with van der Waals surface area (Å²) < 4.78 is 38.2. The largest absolute Gasteiger partial charge is 0.493 e. The molecule has 0 aromatic heterocycles. The predicted molar refractivity (Wildman–Crippen MR) is 167 cm³/mol. The summed E-state index contributed by atoms with van der Waals surface area (Å²) in [6, 6.07) is 7.43. The highest BCUT2D eigenvalue weighted by atomic mass is 35.5. The van der Waals surface area contributed by atoms with Gasteiger partial charge in [0.05, 0.1) is 31.5 Å². The first-order valence-electron chi connectivity index (χ1n) is 15.8. The highest BCUT2D eigenvalue weighted by Gasteiger charge is 2.51. The number of aldehydes is 1. The van der Waals surface area contributed by atoms with Crippen LogP contribution in [-0.4, -0.2) is 65.6 Å². The summed E-state index contributed by atoms with van der Waals surface area (Å²) in [7, 11) is -2.11. The van der Waals surface area contributed by atoms with E-state index in [9.17, 15) is 4.79 Å². The first-order chi connectivity index (χ1) is 20.1. The monoisotopic (exact) mass is 622 g/mol. The van der Waals surface area contributed by atoms with Gasteiger partial charge in [-0.2, -0.15) is 0 Å². The van der Waals surface area contributed by atoms with Crippen LogP contribution in [0, 0.1) is 11.8 Å². The van der Waals surface area contributed by atoms with Crippen LogP contribution in [0.15, 0.2) is 36.1 Å². The van der Waals surface area contributed by atoms with Gasteiger partial charge in [-0.15, -0.1) is 0 Å². The maximum atomic E-state index is 12.2. The third-order valence-corrected chi connectivity index (χ3v) is 14.0. The fourth-order valence-corrected chi connectivity index (χ4v) is 7.47. The molecule has 1 unspecified atom stereocenters. The minimum absolute atomic E-state index is 0.0508. The second-order valence-corrected chi connectivity index (χ2v) is 18.5. The molecule has 1 aromatic rings. The lowest BCUT2D eigenvalue weighted by Crippen LogP contribution is -2.45. The lowest BCUT2D eigenvalue weighted by molar-refractivity contribution is -0.154. The maximum absolute atomic E-state index is 12.2. The number of rotatable bonds is 13. The number of carbonyl (C=O) groups is 1. The van der Waals surface area contributed by atoms with Gasteiger partial charge in [0.2, 0.25) is 0 Å². The molecule has 2 saturated heterocycles. The first kappa shape index (κ1) is 33.5. The molecule has 42 heavy (non-hydrogen) atoms. The SMILES string of the molecule is CC(C)(C)[Si](C)(C)O[C@@H]1C[C@H](OC2CCOCC2)[C@H](/C(=C\CCOc2cccc(Cl)c2)OC2CCCCO2)[C@@H]1CC=O. The molecule has 0 N–H and O–H groups in total. The van der Waals surface area contributed by atoms with Crippen LogP contribution in [0.5, 0.6) is 5.75 Å². The Hall–Kier alpha value is -1.42. The molecule has 1 aliphatic carbocycles. The molecule has 0 amide bonds. The molecule has 0 bridgehead atoms. The van der Waals surface area contributed by atoms with E-state index in [-0.39, 0.29) is 41.5 Å². The van der Waals surface area contributed by atoms with E-state index in [0.717, 1.165) is 56.3 Å². The van der Waals surface area contributed by atoms with Crippen LogP contribution in [0.4, 0.5) is 0 Å². The van der Waals surface area contributed by atoms with Gasteiger partial charge in [-0.05, 0) is 74.5 Å². The Labute approximate surface area is 258 Å². The minimum Gasteiger partial charge on any atom is -0.493 e. The summed E-state index contributed by atoms with van der Waals surface area (Å²) in [5.41, 5.74) is 0. The normalized spacial score (nSPS) is 28.0. The molecular weight excluding hydrogens is 572 g/mol. The minimum atomic E-state index is -2.11. The summed E-state index contributed by atoms with van der Waals surface area (Å²) in [6.45, 7) is 13.9. The van der Waals surface area contributed by atoms with Crippen molar-refractivity contribution in [1.82, 2.24) is 0 Å². The molecule has 2 aliphatic heterocycles. The van der Waals surface area contributed by atoms with Gasteiger partial charge in [-0.25, -0.2) is 0 Å². The van der Waals surface area contributed by atoms with Gasteiger partial charge in [-0.3, -0.25) is 0 Å². The Kier molecular flexibility index (Phi) is 12.4. The molecule has 0 radical (unpaired) electrons. The summed E-state index contributed by atoms with van der Waals surface area (Å²) in [5.74, 6) is 1.40. The number of carbonyl (C=O) groups excluding carboxylic acids is 1. The van der Waals surface area contributed by atoms with Crippen molar-refractivity contribution < 1.29 is 32.9 Å². The van der Waals surface area contributed by atoms with Gasteiger partial charge in [0.15, 0.2) is 14.6 Å². The van der Waals surface area contributed by atoms with Gasteiger partial charge in [0, 0.05) is 49.3 Å². The van der Waals surface area contributed by atoms with Crippen LogP contribution in [0.1, 0.15) is 72.1 Å². The second kappa shape index (κ2) is 15.5. The predicted octanol–water partition coefficient (Wildman–Crippen LogP) is 7.72. The van der Waals surface area contributed by atoms with E-state index in [2.05, 4.69) is 39.9 Å². The first-order valence-corrected chi connectivity index (χ1v) is 19.1. The van der Waals surface area contributed by atoms with Crippen molar-refractivity contribution in [2.24, 2.45) is 11.8 Å². The van der Waals surface area contributed by atoms with Gasteiger partial charge in [0.25, 0.3) is 0 Å². The van der Waals surface area contributed by atoms with Gasteiger partial charge < -0.3 is 32.9 Å². The van der Waals surface area contributed by atoms with E-state index in [1.54, 1.807) is 0 Å². The molecule has 4 rings (SSSR count). The van der Waals surface area contributed by atoms with Crippen molar-refractivity contribution in [1.29, 1.82) is 0 Å².